The van der Waals surface area contributed by atoms with Gasteiger partial charge in [-0.25, -0.2) is 0 Å². The first-order valence-corrected chi connectivity index (χ1v) is 7.14. The van der Waals surface area contributed by atoms with Gasteiger partial charge in [0.1, 0.15) is 0 Å². The van der Waals surface area contributed by atoms with Crippen molar-refractivity contribution in [3.05, 3.63) is 29.3 Å². The maximum absolute atomic E-state index is 12.9. The zero-order valence-corrected chi connectivity index (χ0v) is 11.4. The second-order valence-electron chi connectivity index (χ2n) is 4.31. The lowest BCUT2D eigenvalue weighted by Gasteiger charge is -2.26. The predicted octanol–water partition coefficient (Wildman–Crippen LogP) is 2.18. The lowest BCUT2D eigenvalue weighted by Crippen LogP contribution is -2.38. The number of rotatable bonds is 2. The number of benzene rings is 1. The highest BCUT2D eigenvalue weighted by atomic mass is 32.2. The number of nitrogens with zero attached hydrogens (tertiary/aromatic N) is 1. The van der Waals surface area contributed by atoms with E-state index in [2.05, 4.69) is 0 Å². The smallest absolute Gasteiger partial charge is 0.337 e. The fraction of sp³-hybridized carbons (Fsp3) is 0.417. The van der Waals surface area contributed by atoms with Gasteiger partial charge in [0.15, 0.2) is 0 Å². The van der Waals surface area contributed by atoms with E-state index in [0.717, 1.165) is 17.6 Å². The molecular formula is C12H14F3N3OS. The Morgan fingerprint density at radius 3 is 2.50 bits per heavy atom. The van der Waals surface area contributed by atoms with E-state index in [9.17, 15) is 18.0 Å². The molecule has 3 N–H and O–H groups in total. The molecule has 1 aliphatic rings. The molecule has 0 bridgehead atoms. The van der Waals surface area contributed by atoms with Crippen LogP contribution in [0, 0.1) is 0 Å². The third-order valence-electron chi connectivity index (χ3n) is 3.03. The quantitative estimate of drug-likeness (QED) is 0.649. The van der Waals surface area contributed by atoms with Gasteiger partial charge in [-0.2, -0.15) is 24.9 Å². The number of carbonyl (C=O) groups is 1. The van der Waals surface area contributed by atoms with Crippen LogP contribution in [-0.2, 0) is 6.18 Å². The van der Waals surface area contributed by atoms with Crippen LogP contribution in [0.4, 0.5) is 18.9 Å². The Kier molecular flexibility index (Phi) is 4.44. The molecule has 1 amide bonds. The van der Waals surface area contributed by atoms with Crippen LogP contribution in [0.15, 0.2) is 18.2 Å². The molecule has 0 aliphatic carbocycles. The van der Waals surface area contributed by atoms with Gasteiger partial charge in [0.25, 0.3) is 5.91 Å². The van der Waals surface area contributed by atoms with Gasteiger partial charge in [-0.15, -0.1) is 0 Å². The molecule has 0 radical (unpaired) electrons. The fourth-order valence-electron chi connectivity index (χ4n) is 1.99. The third kappa shape index (κ3) is 3.18. The number of alkyl halides is 3. The second-order valence-corrected chi connectivity index (χ2v) is 5.53. The first kappa shape index (κ1) is 15.0. The Morgan fingerprint density at radius 1 is 1.30 bits per heavy atom. The molecule has 1 fully saturated rings. The highest BCUT2D eigenvalue weighted by Crippen LogP contribution is 2.35. The maximum atomic E-state index is 12.9. The number of halogens is 3. The predicted molar refractivity (Wildman–Crippen MR) is 72.5 cm³/mol. The molecule has 4 nitrogen and oxygen atoms in total. The largest absolute Gasteiger partial charge is 0.418 e. The van der Waals surface area contributed by atoms with Crippen molar-refractivity contribution >= 4 is 23.4 Å². The summed E-state index contributed by atoms with van der Waals surface area (Å²) < 4.78 is 38.7. The van der Waals surface area contributed by atoms with E-state index >= 15 is 0 Å². The molecule has 1 saturated heterocycles. The molecular weight excluding hydrogens is 291 g/mol. The zero-order valence-electron chi connectivity index (χ0n) is 10.5. The summed E-state index contributed by atoms with van der Waals surface area (Å²) in [5.74, 6) is 6.30. The number of carbonyl (C=O) groups excluding carboxylic acids is 1. The number of hydrazine groups is 1. The zero-order chi connectivity index (χ0) is 14.8. The average molecular weight is 305 g/mol. The minimum Gasteiger partial charge on any atom is -0.337 e. The van der Waals surface area contributed by atoms with Crippen LogP contribution in [-0.4, -0.2) is 35.4 Å². The van der Waals surface area contributed by atoms with Crippen molar-refractivity contribution in [1.29, 1.82) is 0 Å². The summed E-state index contributed by atoms with van der Waals surface area (Å²) in [7, 11) is 0. The van der Waals surface area contributed by atoms with Crippen LogP contribution in [0.5, 0.6) is 0 Å². The Morgan fingerprint density at radius 2 is 1.95 bits per heavy atom. The van der Waals surface area contributed by atoms with Crippen LogP contribution in [0.1, 0.15) is 15.9 Å². The molecule has 8 heteroatoms. The van der Waals surface area contributed by atoms with Crippen molar-refractivity contribution in [2.24, 2.45) is 5.84 Å². The van der Waals surface area contributed by atoms with E-state index in [1.807, 2.05) is 5.43 Å². The molecule has 2 rings (SSSR count). The molecule has 1 aliphatic heterocycles. The molecule has 1 aromatic carbocycles. The van der Waals surface area contributed by atoms with Crippen molar-refractivity contribution < 1.29 is 18.0 Å². The van der Waals surface area contributed by atoms with Crippen molar-refractivity contribution in [3.8, 4) is 0 Å². The minimum atomic E-state index is -4.56. The Bertz CT molecular complexity index is 501. The lowest BCUT2D eigenvalue weighted by atomic mass is 10.1. The van der Waals surface area contributed by atoms with Crippen LogP contribution < -0.4 is 11.3 Å². The van der Waals surface area contributed by atoms with Crippen molar-refractivity contribution in [2.75, 3.05) is 30.0 Å². The van der Waals surface area contributed by atoms with Crippen LogP contribution in [0.2, 0.25) is 0 Å². The highest BCUT2D eigenvalue weighted by molar-refractivity contribution is 7.99. The van der Waals surface area contributed by atoms with Crippen LogP contribution in [0.25, 0.3) is 0 Å². The highest BCUT2D eigenvalue weighted by Gasteiger charge is 2.34. The van der Waals surface area contributed by atoms with Crippen molar-refractivity contribution in [2.45, 2.75) is 6.18 Å². The number of amides is 1. The maximum Gasteiger partial charge on any atom is 0.418 e. The summed E-state index contributed by atoms with van der Waals surface area (Å²) in [4.78, 5) is 13.7. The SMILES string of the molecule is NNc1ccc(C(=O)N2CCSCC2)cc1C(F)(F)F. The van der Waals surface area contributed by atoms with E-state index < -0.39 is 11.7 Å². The van der Waals surface area contributed by atoms with Gasteiger partial charge in [-0.05, 0) is 18.2 Å². The average Bonchev–Trinajstić information content (AvgIpc) is 2.46. The molecule has 110 valence electrons. The molecule has 20 heavy (non-hydrogen) atoms. The molecule has 0 saturated carbocycles. The standard InChI is InChI=1S/C12H14F3N3OS/c13-12(14,15)9-7-8(1-2-10(9)17-16)11(19)18-3-5-20-6-4-18/h1-2,7,17H,3-6,16H2. The molecule has 0 spiro atoms. The normalized spacial score (nSPS) is 16.1. The summed E-state index contributed by atoms with van der Waals surface area (Å²) in [5.41, 5.74) is 0.850. The van der Waals surface area contributed by atoms with Gasteiger partial charge in [-0.1, -0.05) is 0 Å². The van der Waals surface area contributed by atoms with E-state index in [4.69, 9.17) is 5.84 Å². The summed E-state index contributed by atoms with van der Waals surface area (Å²) >= 11 is 1.72. The lowest BCUT2D eigenvalue weighted by molar-refractivity contribution is -0.137. The first-order chi connectivity index (χ1) is 9.43. The van der Waals surface area contributed by atoms with Crippen molar-refractivity contribution in [1.82, 2.24) is 4.90 Å². The molecule has 0 atom stereocenters. The van der Waals surface area contributed by atoms with Crippen LogP contribution in [0.3, 0.4) is 0 Å². The fourth-order valence-corrected chi connectivity index (χ4v) is 2.89. The molecule has 1 heterocycles. The van der Waals surface area contributed by atoms with E-state index in [0.29, 0.717) is 13.1 Å². The number of hydrogen-bond acceptors (Lipinski definition) is 4. The first-order valence-electron chi connectivity index (χ1n) is 5.98. The Labute approximate surface area is 118 Å². The Balaban J connectivity index is 2.30. The van der Waals surface area contributed by atoms with E-state index in [1.54, 1.807) is 16.7 Å². The number of nitrogens with one attached hydrogen (secondary N) is 1. The van der Waals surface area contributed by atoms with Gasteiger partial charge in [0, 0.05) is 30.2 Å². The number of thioether (sulfide) groups is 1. The Hall–Kier alpha value is -1.41. The van der Waals surface area contributed by atoms with E-state index in [1.165, 1.54) is 12.1 Å². The second kappa shape index (κ2) is 5.92. The number of hydrogen-bond donors (Lipinski definition) is 2. The number of nitrogens with two attached hydrogens (primary N) is 1. The monoisotopic (exact) mass is 305 g/mol. The molecule has 1 aromatic rings. The minimum absolute atomic E-state index is 0.0308. The van der Waals surface area contributed by atoms with Gasteiger partial charge in [0.2, 0.25) is 0 Å². The number of nitrogen functional groups attached to an aromatic ring is 1. The topological polar surface area (TPSA) is 58.4 Å². The van der Waals surface area contributed by atoms with E-state index in [-0.39, 0.29) is 17.2 Å². The summed E-state index contributed by atoms with van der Waals surface area (Å²) in [6, 6.07) is 3.38. The van der Waals surface area contributed by atoms with Crippen molar-refractivity contribution in [3.63, 3.8) is 0 Å². The third-order valence-corrected chi connectivity index (χ3v) is 3.97. The van der Waals surface area contributed by atoms with Gasteiger partial charge in [0.05, 0.1) is 11.3 Å². The van der Waals surface area contributed by atoms with Gasteiger partial charge >= 0.3 is 6.18 Å². The molecule has 0 unspecified atom stereocenters. The van der Waals surface area contributed by atoms with Crippen LogP contribution >= 0.6 is 11.8 Å². The summed E-state index contributed by atoms with van der Waals surface area (Å²) in [5, 5.41) is 0. The molecule has 0 aromatic heterocycles. The van der Waals surface area contributed by atoms with Gasteiger partial charge in [-0.3, -0.25) is 10.6 Å². The summed E-state index contributed by atoms with van der Waals surface area (Å²) in [6.45, 7) is 1.11. The van der Waals surface area contributed by atoms with Gasteiger partial charge < -0.3 is 10.3 Å². The number of anilines is 1. The summed E-state index contributed by atoms with van der Waals surface area (Å²) in [6.07, 6.45) is -4.56.